The minimum atomic E-state index is -0.963. The number of urea groups is 1. The van der Waals surface area contributed by atoms with Crippen molar-refractivity contribution in [1.29, 1.82) is 0 Å². The molecule has 1 aromatic heterocycles. The van der Waals surface area contributed by atoms with Crippen molar-refractivity contribution in [2.45, 2.75) is 31.8 Å². The Morgan fingerprint density at radius 3 is 2.52 bits per heavy atom. The molecule has 1 aliphatic rings. The Balaban J connectivity index is 1.42. The van der Waals surface area contributed by atoms with Gasteiger partial charge < -0.3 is 14.5 Å². The van der Waals surface area contributed by atoms with Crippen molar-refractivity contribution >= 4 is 27.9 Å². The third kappa shape index (κ3) is 4.49. The normalized spacial score (nSPS) is 18.4. The van der Waals surface area contributed by atoms with Crippen molar-refractivity contribution in [3.05, 3.63) is 70.5 Å². The van der Waals surface area contributed by atoms with Crippen LogP contribution in [0.5, 0.6) is 5.75 Å². The number of imide groups is 1. The molecule has 2 aromatic carbocycles. The number of nitrogens with one attached hydrogen (secondary N) is 1. The van der Waals surface area contributed by atoms with Crippen LogP contribution in [-0.2, 0) is 17.8 Å². The van der Waals surface area contributed by atoms with Gasteiger partial charge in [-0.2, -0.15) is 0 Å². The van der Waals surface area contributed by atoms with Crippen molar-refractivity contribution in [3.63, 3.8) is 0 Å². The summed E-state index contributed by atoms with van der Waals surface area (Å²) >= 11 is 3.39. The largest absolute Gasteiger partial charge is 0.497 e. The molecule has 1 fully saturated rings. The molecule has 0 bridgehead atoms. The van der Waals surface area contributed by atoms with Gasteiger partial charge in [-0.15, -0.1) is 0 Å². The predicted octanol–water partition coefficient (Wildman–Crippen LogP) is 4.56. The first-order valence-electron chi connectivity index (χ1n) is 9.85. The summed E-state index contributed by atoms with van der Waals surface area (Å²) in [4.78, 5) is 31.2. The Bertz CT molecular complexity index is 1090. The van der Waals surface area contributed by atoms with Crippen LogP contribution < -0.4 is 10.1 Å². The third-order valence-electron chi connectivity index (χ3n) is 5.38. The molecule has 1 unspecified atom stereocenters. The fourth-order valence-electron chi connectivity index (χ4n) is 3.51. The summed E-state index contributed by atoms with van der Waals surface area (Å²) in [6.07, 6.45) is 2.62. The Morgan fingerprint density at radius 2 is 1.84 bits per heavy atom. The van der Waals surface area contributed by atoms with Crippen LogP contribution in [0.25, 0.3) is 11.5 Å². The van der Waals surface area contributed by atoms with E-state index < -0.39 is 11.6 Å². The monoisotopic (exact) mass is 483 g/mol. The second-order valence-electron chi connectivity index (χ2n) is 7.65. The lowest BCUT2D eigenvalue weighted by Gasteiger charge is -2.21. The van der Waals surface area contributed by atoms with Crippen molar-refractivity contribution in [2.75, 3.05) is 7.11 Å². The zero-order chi connectivity index (χ0) is 22.0. The number of aromatic nitrogens is 1. The van der Waals surface area contributed by atoms with Crippen LogP contribution in [-0.4, -0.2) is 34.5 Å². The highest BCUT2D eigenvalue weighted by atomic mass is 79.9. The highest BCUT2D eigenvalue weighted by Gasteiger charge is 2.47. The molecule has 0 saturated carbocycles. The second kappa shape index (κ2) is 8.55. The highest BCUT2D eigenvalue weighted by molar-refractivity contribution is 9.10. The van der Waals surface area contributed by atoms with Crippen LogP contribution >= 0.6 is 15.9 Å². The molecule has 8 heteroatoms. The fraction of sp³-hybridized carbons (Fsp3) is 0.261. The number of hydrogen-bond acceptors (Lipinski definition) is 5. The lowest BCUT2D eigenvalue weighted by atomic mass is 9.93. The van der Waals surface area contributed by atoms with E-state index in [4.69, 9.17) is 9.15 Å². The zero-order valence-electron chi connectivity index (χ0n) is 17.2. The van der Waals surface area contributed by atoms with E-state index in [0.29, 0.717) is 24.4 Å². The van der Waals surface area contributed by atoms with E-state index in [1.807, 2.05) is 48.5 Å². The third-order valence-corrected chi connectivity index (χ3v) is 5.91. The van der Waals surface area contributed by atoms with E-state index in [0.717, 1.165) is 21.3 Å². The highest BCUT2D eigenvalue weighted by Crippen LogP contribution is 2.26. The Morgan fingerprint density at radius 1 is 1.13 bits per heavy atom. The van der Waals surface area contributed by atoms with Crippen LogP contribution in [0.1, 0.15) is 24.6 Å². The summed E-state index contributed by atoms with van der Waals surface area (Å²) in [6.45, 7) is 1.82. The van der Waals surface area contributed by atoms with E-state index in [-0.39, 0.29) is 12.5 Å². The lowest BCUT2D eigenvalue weighted by molar-refractivity contribution is -0.131. The first-order valence-corrected chi connectivity index (χ1v) is 10.6. The number of carbonyl (C=O) groups excluding carboxylic acids is 2. The molecule has 0 radical (unpaired) electrons. The van der Waals surface area contributed by atoms with Crippen LogP contribution in [0.4, 0.5) is 4.79 Å². The van der Waals surface area contributed by atoms with E-state index in [2.05, 4.69) is 26.2 Å². The van der Waals surface area contributed by atoms with Gasteiger partial charge in [0, 0.05) is 10.0 Å². The number of carbonyl (C=O) groups is 2. The maximum absolute atomic E-state index is 13.0. The molecule has 3 amide bonds. The van der Waals surface area contributed by atoms with Crippen LogP contribution in [0.3, 0.4) is 0 Å². The predicted molar refractivity (Wildman–Crippen MR) is 118 cm³/mol. The summed E-state index contributed by atoms with van der Waals surface area (Å²) in [6, 6.07) is 14.8. The number of amides is 3. The molecule has 7 nitrogen and oxygen atoms in total. The minimum Gasteiger partial charge on any atom is -0.497 e. The van der Waals surface area contributed by atoms with Crippen molar-refractivity contribution < 1.29 is 18.7 Å². The quantitative estimate of drug-likeness (QED) is 0.498. The number of ether oxygens (including phenoxy) is 1. The number of hydrogen-bond donors (Lipinski definition) is 1. The van der Waals surface area contributed by atoms with Gasteiger partial charge in [-0.3, -0.25) is 9.69 Å². The number of aryl methyl sites for hydroxylation is 1. The molecule has 31 heavy (non-hydrogen) atoms. The van der Waals surface area contributed by atoms with E-state index in [9.17, 15) is 9.59 Å². The van der Waals surface area contributed by atoms with Gasteiger partial charge in [-0.05, 0) is 61.7 Å². The minimum absolute atomic E-state index is 0.0584. The topological polar surface area (TPSA) is 84.7 Å². The average molecular weight is 484 g/mol. The maximum Gasteiger partial charge on any atom is 0.325 e. The molecule has 1 N–H and O–H groups in total. The number of halogens is 1. The molecule has 2 heterocycles. The van der Waals surface area contributed by atoms with Crippen LogP contribution in [0.2, 0.25) is 0 Å². The number of rotatable bonds is 7. The standard InChI is InChI=1S/C23H22BrN3O4/c1-23(12-11-15-3-9-19(30-2)10-4-15)21(28)27(22(29)26-23)13-18-14-31-20(25-18)16-5-7-17(24)8-6-16/h3-10,14H,11-13H2,1-2H3,(H,26,29). The number of oxazole rings is 1. The first-order chi connectivity index (χ1) is 14.9. The second-order valence-corrected chi connectivity index (χ2v) is 8.57. The summed E-state index contributed by atoms with van der Waals surface area (Å²) in [5.41, 5.74) is 1.44. The summed E-state index contributed by atoms with van der Waals surface area (Å²) in [5.74, 6) is 0.956. The summed E-state index contributed by atoms with van der Waals surface area (Å²) in [7, 11) is 1.62. The van der Waals surface area contributed by atoms with Gasteiger partial charge in [0.05, 0.1) is 19.3 Å². The molecular weight excluding hydrogens is 462 g/mol. The number of benzene rings is 2. The van der Waals surface area contributed by atoms with Gasteiger partial charge in [0.2, 0.25) is 5.89 Å². The van der Waals surface area contributed by atoms with Crippen LogP contribution in [0.15, 0.2) is 63.7 Å². The smallest absolute Gasteiger partial charge is 0.325 e. The van der Waals surface area contributed by atoms with Crippen LogP contribution in [0, 0.1) is 0 Å². The van der Waals surface area contributed by atoms with Gasteiger partial charge in [0.25, 0.3) is 5.91 Å². The van der Waals surface area contributed by atoms with E-state index in [1.165, 1.54) is 11.2 Å². The first kappa shape index (κ1) is 21.1. The Labute approximate surface area is 188 Å². The van der Waals surface area contributed by atoms with Gasteiger partial charge in [-0.25, -0.2) is 9.78 Å². The van der Waals surface area contributed by atoms with Gasteiger partial charge in [0.1, 0.15) is 17.6 Å². The number of methoxy groups -OCH3 is 1. The average Bonchev–Trinajstić information content (AvgIpc) is 3.32. The maximum atomic E-state index is 13.0. The molecule has 1 atom stereocenters. The molecule has 4 rings (SSSR count). The molecule has 0 aliphatic carbocycles. The summed E-state index contributed by atoms with van der Waals surface area (Å²) < 4.78 is 11.7. The molecular formula is C23H22BrN3O4. The fourth-order valence-corrected chi connectivity index (χ4v) is 3.78. The van der Waals surface area contributed by atoms with E-state index >= 15 is 0 Å². The zero-order valence-corrected chi connectivity index (χ0v) is 18.8. The number of nitrogens with zero attached hydrogens (tertiary/aromatic N) is 2. The molecule has 3 aromatic rings. The Kier molecular flexibility index (Phi) is 5.82. The SMILES string of the molecule is COc1ccc(CCC2(C)NC(=O)N(Cc3coc(-c4ccc(Br)cc4)n3)C2=O)cc1. The van der Waals surface area contributed by atoms with Gasteiger partial charge >= 0.3 is 6.03 Å². The van der Waals surface area contributed by atoms with Crippen molar-refractivity contribution in [1.82, 2.24) is 15.2 Å². The van der Waals surface area contributed by atoms with Gasteiger partial charge in [0.15, 0.2) is 0 Å². The van der Waals surface area contributed by atoms with Crippen molar-refractivity contribution in [3.8, 4) is 17.2 Å². The van der Waals surface area contributed by atoms with Crippen molar-refractivity contribution in [2.24, 2.45) is 0 Å². The molecule has 1 aliphatic heterocycles. The van der Waals surface area contributed by atoms with Gasteiger partial charge in [-0.1, -0.05) is 28.1 Å². The Hall–Kier alpha value is -3.13. The molecule has 0 spiro atoms. The lowest BCUT2D eigenvalue weighted by Crippen LogP contribution is -2.44. The van der Waals surface area contributed by atoms with E-state index in [1.54, 1.807) is 14.0 Å². The summed E-state index contributed by atoms with van der Waals surface area (Å²) in [5, 5.41) is 2.84. The molecule has 1 saturated heterocycles. The molecule has 160 valence electrons.